The zero-order valence-electron chi connectivity index (χ0n) is 30.9. The number of hydrogen-bond acceptors (Lipinski definition) is 5. The Balaban J connectivity index is 1.19. The second-order valence-corrected chi connectivity index (χ2v) is 15.6. The van der Waals surface area contributed by atoms with Crippen molar-refractivity contribution in [1.82, 2.24) is 14.8 Å². The fraction of sp³-hybridized carbons (Fsp3) is 0.422. The van der Waals surface area contributed by atoms with E-state index in [1.807, 2.05) is 29.2 Å². The van der Waals surface area contributed by atoms with Gasteiger partial charge in [0, 0.05) is 36.5 Å². The number of aliphatic carboxylic acids is 1. The molecule has 9 nitrogen and oxygen atoms in total. The maximum atomic E-state index is 14.6. The Kier molecular flexibility index (Phi) is 10.2. The van der Waals surface area contributed by atoms with Gasteiger partial charge in [0.2, 0.25) is 5.91 Å². The monoisotopic (exact) mass is 727 g/mol. The molecular formula is C45H49N3O6. The van der Waals surface area contributed by atoms with Crippen molar-refractivity contribution < 1.29 is 29.0 Å². The van der Waals surface area contributed by atoms with Crippen molar-refractivity contribution in [1.29, 1.82) is 0 Å². The van der Waals surface area contributed by atoms with Crippen LogP contribution in [0.3, 0.4) is 0 Å². The van der Waals surface area contributed by atoms with Gasteiger partial charge in [0.05, 0.1) is 30.0 Å². The van der Waals surface area contributed by atoms with Gasteiger partial charge in [-0.25, -0.2) is 4.79 Å². The van der Waals surface area contributed by atoms with Crippen LogP contribution in [-0.4, -0.2) is 70.0 Å². The van der Waals surface area contributed by atoms with Crippen LogP contribution in [-0.2, 0) is 32.0 Å². The lowest BCUT2D eigenvalue weighted by Crippen LogP contribution is -2.53. The second-order valence-electron chi connectivity index (χ2n) is 15.6. The molecule has 0 bridgehead atoms. The first-order chi connectivity index (χ1) is 26.3. The Morgan fingerprint density at radius 1 is 0.852 bits per heavy atom. The summed E-state index contributed by atoms with van der Waals surface area (Å²) in [6.07, 6.45) is 12.6. The third kappa shape index (κ3) is 6.90. The molecule has 3 aromatic carbocycles. The summed E-state index contributed by atoms with van der Waals surface area (Å²) < 4.78 is 7.91. The van der Waals surface area contributed by atoms with Crippen LogP contribution >= 0.6 is 0 Å². The van der Waals surface area contributed by atoms with Gasteiger partial charge < -0.3 is 24.6 Å². The van der Waals surface area contributed by atoms with Crippen molar-refractivity contribution in [2.24, 2.45) is 0 Å². The first-order valence-corrected chi connectivity index (χ1v) is 19.8. The van der Waals surface area contributed by atoms with Gasteiger partial charge in [-0.15, -0.1) is 0 Å². The number of carboxylic acids is 1. The molecule has 2 saturated carbocycles. The van der Waals surface area contributed by atoms with Crippen LogP contribution in [0.1, 0.15) is 109 Å². The largest absolute Gasteiger partial charge is 0.478 e. The molecule has 4 aromatic rings. The highest BCUT2D eigenvalue weighted by molar-refractivity contribution is 6.07. The van der Waals surface area contributed by atoms with Gasteiger partial charge in [0.15, 0.2) is 5.78 Å². The number of aryl methyl sites for hydroxylation is 1. The molecule has 9 heteroatoms. The van der Waals surface area contributed by atoms with E-state index in [1.54, 1.807) is 12.1 Å². The van der Waals surface area contributed by atoms with E-state index in [0.717, 1.165) is 70.6 Å². The molecule has 2 N–H and O–H groups in total. The summed E-state index contributed by atoms with van der Waals surface area (Å²) >= 11 is 0. The number of carboxylic acid groups (broad SMARTS) is 1. The molecule has 0 radical (unpaired) electrons. The van der Waals surface area contributed by atoms with Gasteiger partial charge in [-0.1, -0.05) is 92.8 Å². The molecule has 3 heterocycles. The van der Waals surface area contributed by atoms with Gasteiger partial charge in [-0.3, -0.25) is 14.4 Å². The average Bonchev–Trinajstić information content (AvgIpc) is 3.83. The number of amides is 2. The third-order valence-corrected chi connectivity index (χ3v) is 12.3. The molecule has 0 spiro atoms. The summed E-state index contributed by atoms with van der Waals surface area (Å²) in [6.45, 7) is 2.23. The molecule has 2 aliphatic heterocycles. The van der Waals surface area contributed by atoms with Crippen molar-refractivity contribution in [3.05, 3.63) is 101 Å². The summed E-state index contributed by atoms with van der Waals surface area (Å²) in [7, 11) is 0. The predicted octanol–water partition coefficient (Wildman–Crippen LogP) is 7.65. The van der Waals surface area contributed by atoms with Crippen molar-refractivity contribution in [3.63, 3.8) is 0 Å². The minimum atomic E-state index is -1.02. The van der Waals surface area contributed by atoms with Gasteiger partial charge in [0.25, 0.3) is 5.91 Å². The zero-order chi connectivity index (χ0) is 37.2. The quantitative estimate of drug-likeness (QED) is 0.162. The lowest BCUT2D eigenvalue weighted by atomic mass is 9.81. The number of aromatic nitrogens is 1. The normalized spacial score (nSPS) is 20.0. The van der Waals surface area contributed by atoms with Crippen LogP contribution in [0, 0.1) is 0 Å². The van der Waals surface area contributed by atoms with Crippen molar-refractivity contribution >= 4 is 40.5 Å². The number of carbonyl (C=O) groups is 4. The van der Waals surface area contributed by atoms with E-state index in [-0.39, 0.29) is 24.0 Å². The average molecular weight is 728 g/mol. The number of nitrogens with one attached hydrogen (secondary N) is 1. The first kappa shape index (κ1) is 36.0. The van der Waals surface area contributed by atoms with Gasteiger partial charge in [-0.2, -0.15) is 0 Å². The van der Waals surface area contributed by atoms with Crippen molar-refractivity contribution in [2.45, 2.75) is 94.5 Å². The molecule has 2 aliphatic carbocycles. The van der Waals surface area contributed by atoms with Crippen molar-refractivity contribution in [3.8, 4) is 11.3 Å². The number of morpholine rings is 1. The fourth-order valence-electron chi connectivity index (χ4n) is 9.61. The molecular weight excluding hydrogens is 679 g/mol. The van der Waals surface area contributed by atoms with E-state index >= 15 is 0 Å². The van der Waals surface area contributed by atoms with E-state index in [4.69, 9.17) is 9.84 Å². The Morgan fingerprint density at radius 2 is 1.57 bits per heavy atom. The number of hydrogen-bond donors (Lipinski definition) is 2. The van der Waals surface area contributed by atoms with Gasteiger partial charge in [-0.05, 0) is 84.4 Å². The molecule has 1 atom stereocenters. The highest BCUT2D eigenvalue weighted by Crippen LogP contribution is 2.49. The van der Waals surface area contributed by atoms with E-state index in [2.05, 4.69) is 40.2 Å². The number of Topliss-reactive ketones (excluding diaryl/α,β-unsaturated/α-hetero) is 1. The summed E-state index contributed by atoms with van der Waals surface area (Å²) in [5.41, 5.74) is 6.63. The van der Waals surface area contributed by atoms with E-state index in [0.29, 0.717) is 63.5 Å². The molecule has 4 aliphatic rings. The Labute approximate surface area is 316 Å². The predicted molar refractivity (Wildman–Crippen MR) is 208 cm³/mol. The van der Waals surface area contributed by atoms with Crippen LogP contribution in [0.2, 0.25) is 0 Å². The molecule has 3 fully saturated rings. The molecule has 1 aromatic heterocycles. The van der Waals surface area contributed by atoms with Crippen LogP contribution in [0.4, 0.5) is 0 Å². The first-order valence-electron chi connectivity index (χ1n) is 19.8. The number of nitrogens with zero attached hydrogens (tertiary/aromatic N) is 2. The number of ether oxygens (including phenoxy) is 1. The fourth-order valence-corrected chi connectivity index (χ4v) is 9.61. The molecule has 1 saturated heterocycles. The number of ketones is 1. The minimum Gasteiger partial charge on any atom is -0.478 e. The number of benzene rings is 3. The maximum absolute atomic E-state index is 14.6. The lowest BCUT2D eigenvalue weighted by molar-refractivity contribution is -0.139. The molecule has 2 amide bonds. The molecule has 8 rings (SSSR count). The van der Waals surface area contributed by atoms with Crippen LogP contribution < -0.4 is 5.32 Å². The van der Waals surface area contributed by atoms with E-state index in [9.17, 15) is 19.2 Å². The molecule has 54 heavy (non-hydrogen) atoms. The van der Waals surface area contributed by atoms with Crippen LogP contribution in [0.25, 0.3) is 28.2 Å². The Bertz CT molecular complexity index is 2080. The highest BCUT2D eigenvalue weighted by atomic mass is 16.5. The molecule has 280 valence electrons. The highest BCUT2D eigenvalue weighted by Gasteiger charge is 2.43. The third-order valence-electron chi connectivity index (χ3n) is 12.3. The summed E-state index contributed by atoms with van der Waals surface area (Å²) in [5, 5.41) is 13.4. The van der Waals surface area contributed by atoms with Crippen LogP contribution in [0.5, 0.6) is 0 Å². The lowest BCUT2D eigenvalue weighted by Gasteiger charge is -2.35. The Hall–Kier alpha value is -5.02. The van der Waals surface area contributed by atoms with Gasteiger partial charge >= 0.3 is 5.97 Å². The summed E-state index contributed by atoms with van der Waals surface area (Å²) in [5.74, 6) is -0.782. The summed E-state index contributed by atoms with van der Waals surface area (Å²) in [4.78, 5) is 56.1. The molecule has 1 unspecified atom stereocenters. The Morgan fingerprint density at radius 3 is 2.28 bits per heavy atom. The number of carbonyl (C=O) groups excluding carboxylic acids is 3. The summed E-state index contributed by atoms with van der Waals surface area (Å²) in [6, 6.07) is 21.5. The van der Waals surface area contributed by atoms with E-state index in [1.165, 1.54) is 30.9 Å². The van der Waals surface area contributed by atoms with E-state index < -0.39 is 17.6 Å². The SMILES string of the molecule is O=C(O)/C=C/c1ccc(CC(=O)C2(NC(=O)c3ccc4c(C5CCCCC5)c(-c5ccccc5)n5c4c3CCC5C(=O)N3CCOCC3)CCCC2)cc1. The van der Waals surface area contributed by atoms with Gasteiger partial charge in [0.1, 0.15) is 6.04 Å². The minimum absolute atomic E-state index is 0.0117. The van der Waals surface area contributed by atoms with Crippen LogP contribution in [0.15, 0.2) is 72.8 Å². The second kappa shape index (κ2) is 15.4. The number of rotatable bonds is 10. The topological polar surface area (TPSA) is 118 Å². The maximum Gasteiger partial charge on any atom is 0.328 e. The smallest absolute Gasteiger partial charge is 0.328 e. The standard InChI is InChI=1S/C45H49N3O6/c49-38(29-31-15-13-30(14-16-31)17-22-39(50)51)45(23-7-8-24-45)46-43(52)35-18-19-36-40(32-9-3-1-4-10-32)41(33-11-5-2-6-12-33)48-37(21-20-34(35)42(36)48)44(53)47-25-27-54-28-26-47/h2,5-6,11-19,22,32,37H,1,3-4,7-10,20-21,23-29H2,(H,46,52)(H,50,51)/b22-17+. The van der Waals surface area contributed by atoms with Crippen molar-refractivity contribution in [2.75, 3.05) is 26.3 Å². The zero-order valence-corrected chi connectivity index (χ0v) is 30.9.